The lowest BCUT2D eigenvalue weighted by molar-refractivity contribution is -0.143. The SMILES string of the molecule is CCCCCCCCC/C=C\CCCCCCCCCC(=O)OCCCCCCCCCCCCCCCCCCCCCC(=O)NC(CO)C(O)/C=C/CCCCCCCCCCC. The highest BCUT2D eigenvalue weighted by Gasteiger charge is 2.18. The summed E-state index contributed by atoms with van der Waals surface area (Å²) in [6.07, 6.45) is 66.3. The van der Waals surface area contributed by atoms with Gasteiger partial charge in [0.15, 0.2) is 0 Å². The summed E-state index contributed by atoms with van der Waals surface area (Å²) in [5.41, 5.74) is 0. The fraction of sp³-hybridized carbons (Fsp3) is 0.898. The molecule has 384 valence electrons. The van der Waals surface area contributed by atoms with Crippen LogP contribution in [0.5, 0.6) is 0 Å². The molecule has 0 radical (unpaired) electrons. The van der Waals surface area contributed by atoms with Gasteiger partial charge in [0.05, 0.1) is 25.4 Å². The maximum Gasteiger partial charge on any atom is 0.305 e. The van der Waals surface area contributed by atoms with Crippen molar-refractivity contribution in [1.82, 2.24) is 5.32 Å². The Balaban J connectivity index is 3.39. The molecular formula is C59H113NO5. The molecule has 0 heterocycles. The molecule has 0 aromatic heterocycles. The highest BCUT2D eigenvalue weighted by Crippen LogP contribution is 2.17. The molecule has 0 aromatic rings. The maximum atomic E-state index is 12.4. The number of rotatable bonds is 54. The van der Waals surface area contributed by atoms with Crippen molar-refractivity contribution in [2.75, 3.05) is 13.2 Å². The fourth-order valence-electron chi connectivity index (χ4n) is 8.98. The highest BCUT2D eigenvalue weighted by molar-refractivity contribution is 5.76. The molecule has 0 aliphatic rings. The number of unbranched alkanes of at least 4 members (excludes halogenated alkanes) is 41. The molecule has 0 aromatic carbocycles. The Morgan fingerprint density at radius 2 is 0.723 bits per heavy atom. The second kappa shape index (κ2) is 54.9. The van der Waals surface area contributed by atoms with Crippen molar-refractivity contribution < 1.29 is 24.5 Å². The van der Waals surface area contributed by atoms with Crippen LogP contribution in [0.25, 0.3) is 0 Å². The summed E-state index contributed by atoms with van der Waals surface area (Å²) in [5.74, 6) is -0.0662. The number of allylic oxidation sites excluding steroid dienone is 3. The predicted octanol–water partition coefficient (Wildman–Crippen LogP) is 17.9. The zero-order chi connectivity index (χ0) is 47.2. The molecule has 0 saturated carbocycles. The number of amides is 1. The highest BCUT2D eigenvalue weighted by atomic mass is 16.5. The lowest BCUT2D eigenvalue weighted by atomic mass is 10.0. The van der Waals surface area contributed by atoms with Gasteiger partial charge in [-0.3, -0.25) is 9.59 Å². The number of carbonyl (C=O) groups excluding carboxylic acids is 2. The largest absolute Gasteiger partial charge is 0.466 e. The van der Waals surface area contributed by atoms with Crippen LogP contribution in [0.4, 0.5) is 0 Å². The van der Waals surface area contributed by atoms with E-state index < -0.39 is 12.1 Å². The molecule has 0 saturated heterocycles. The van der Waals surface area contributed by atoms with Crippen LogP contribution >= 0.6 is 0 Å². The van der Waals surface area contributed by atoms with Crippen LogP contribution in [0.15, 0.2) is 24.3 Å². The maximum absolute atomic E-state index is 12.4. The van der Waals surface area contributed by atoms with Crippen molar-refractivity contribution in [3.63, 3.8) is 0 Å². The quantitative estimate of drug-likeness (QED) is 0.0321. The number of carbonyl (C=O) groups is 2. The minimum atomic E-state index is -0.844. The minimum Gasteiger partial charge on any atom is -0.466 e. The van der Waals surface area contributed by atoms with E-state index in [1.165, 1.54) is 244 Å². The Bertz CT molecular complexity index is 1010. The molecule has 0 bridgehead atoms. The monoisotopic (exact) mass is 916 g/mol. The van der Waals surface area contributed by atoms with Crippen LogP contribution in [0, 0.1) is 0 Å². The van der Waals surface area contributed by atoms with Gasteiger partial charge in [-0.05, 0) is 57.8 Å². The summed E-state index contributed by atoms with van der Waals surface area (Å²) in [7, 11) is 0. The topological polar surface area (TPSA) is 95.9 Å². The Morgan fingerprint density at radius 1 is 0.415 bits per heavy atom. The molecule has 0 aliphatic heterocycles. The van der Waals surface area contributed by atoms with Gasteiger partial charge in [0.25, 0.3) is 0 Å². The number of aliphatic hydroxyl groups is 2. The summed E-state index contributed by atoms with van der Waals surface area (Å²) < 4.78 is 5.49. The first-order valence-corrected chi connectivity index (χ1v) is 29.1. The summed E-state index contributed by atoms with van der Waals surface area (Å²) >= 11 is 0. The van der Waals surface area contributed by atoms with Crippen LogP contribution in [0.1, 0.15) is 316 Å². The van der Waals surface area contributed by atoms with Crippen LogP contribution < -0.4 is 5.32 Å². The van der Waals surface area contributed by atoms with E-state index in [0.717, 1.165) is 44.9 Å². The molecule has 6 nitrogen and oxygen atoms in total. The van der Waals surface area contributed by atoms with Gasteiger partial charge < -0.3 is 20.3 Å². The van der Waals surface area contributed by atoms with Gasteiger partial charge in [0, 0.05) is 12.8 Å². The fourth-order valence-corrected chi connectivity index (χ4v) is 8.98. The van der Waals surface area contributed by atoms with Crippen LogP contribution in [-0.2, 0) is 14.3 Å². The molecule has 0 rings (SSSR count). The predicted molar refractivity (Wildman–Crippen MR) is 283 cm³/mol. The van der Waals surface area contributed by atoms with E-state index in [9.17, 15) is 19.8 Å². The first-order chi connectivity index (χ1) is 32.0. The number of hydrogen-bond acceptors (Lipinski definition) is 5. The molecule has 1 amide bonds. The van der Waals surface area contributed by atoms with Gasteiger partial charge in [-0.1, -0.05) is 269 Å². The van der Waals surface area contributed by atoms with Crippen LogP contribution in [0.2, 0.25) is 0 Å². The third-order valence-corrected chi connectivity index (χ3v) is 13.5. The number of esters is 1. The van der Waals surface area contributed by atoms with Crippen molar-refractivity contribution in [3.05, 3.63) is 24.3 Å². The number of nitrogens with one attached hydrogen (secondary N) is 1. The van der Waals surface area contributed by atoms with E-state index in [1.807, 2.05) is 6.08 Å². The third-order valence-electron chi connectivity index (χ3n) is 13.5. The van der Waals surface area contributed by atoms with Crippen molar-refractivity contribution in [3.8, 4) is 0 Å². The summed E-state index contributed by atoms with van der Waals surface area (Å²) in [6, 6.07) is -0.628. The van der Waals surface area contributed by atoms with Crippen molar-refractivity contribution in [1.29, 1.82) is 0 Å². The minimum absolute atomic E-state index is 0.00539. The number of hydrogen-bond donors (Lipinski definition) is 3. The summed E-state index contributed by atoms with van der Waals surface area (Å²) in [4.78, 5) is 24.5. The average molecular weight is 917 g/mol. The lowest BCUT2D eigenvalue weighted by Gasteiger charge is -2.20. The van der Waals surface area contributed by atoms with Gasteiger partial charge >= 0.3 is 5.97 Å². The van der Waals surface area contributed by atoms with Gasteiger partial charge in [-0.2, -0.15) is 0 Å². The van der Waals surface area contributed by atoms with Crippen LogP contribution in [-0.4, -0.2) is 47.4 Å². The molecule has 0 aliphatic carbocycles. The molecule has 0 spiro atoms. The van der Waals surface area contributed by atoms with E-state index in [2.05, 4.69) is 31.3 Å². The Hall–Kier alpha value is -1.66. The number of ether oxygens (including phenoxy) is 1. The zero-order valence-electron chi connectivity index (χ0n) is 43.7. The molecule has 65 heavy (non-hydrogen) atoms. The van der Waals surface area contributed by atoms with Gasteiger partial charge in [-0.25, -0.2) is 0 Å². The second-order valence-corrected chi connectivity index (χ2v) is 20.0. The Kier molecular flexibility index (Phi) is 53.5. The summed E-state index contributed by atoms with van der Waals surface area (Å²) in [5, 5.41) is 23.0. The first kappa shape index (κ1) is 63.3. The standard InChI is InChI=1S/C59H113NO5/c1-3-5-7-9-11-13-15-16-17-18-23-26-29-33-37-41-45-49-53-59(64)65-54-50-46-42-38-34-30-27-24-21-19-20-22-25-28-32-36-40-44-48-52-58(63)60-56(55-61)57(62)51-47-43-39-35-31-14-12-10-8-6-4-2/h17-18,47,51,56-57,61-62H,3-16,19-46,48-50,52-55H2,1-2H3,(H,60,63)/b18-17-,51-47+. The molecule has 2 unspecified atom stereocenters. The lowest BCUT2D eigenvalue weighted by Crippen LogP contribution is -2.45. The van der Waals surface area contributed by atoms with E-state index >= 15 is 0 Å². The van der Waals surface area contributed by atoms with Crippen molar-refractivity contribution >= 4 is 11.9 Å². The molecule has 6 heteroatoms. The molecule has 0 fully saturated rings. The van der Waals surface area contributed by atoms with Crippen molar-refractivity contribution in [2.45, 2.75) is 328 Å². The van der Waals surface area contributed by atoms with E-state index in [-0.39, 0.29) is 18.5 Å². The molecule has 3 N–H and O–H groups in total. The first-order valence-electron chi connectivity index (χ1n) is 29.1. The Labute approximate surface area is 405 Å². The van der Waals surface area contributed by atoms with Gasteiger partial charge in [-0.15, -0.1) is 0 Å². The smallest absolute Gasteiger partial charge is 0.305 e. The average Bonchev–Trinajstić information content (AvgIpc) is 3.31. The second-order valence-electron chi connectivity index (χ2n) is 20.0. The molecule has 2 atom stereocenters. The van der Waals surface area contributed by atoms with Gasteiger partial charge in [0.1, 0.15) is 0 Å². The van der Waals surface area contributed by atoms with E-state index in [4.69, 9.17) is 4.74 Å². The zero-order valence-corrected chi connectivity index (χ0v) is 43.7. The van der Waals surface area contributed by atoms with E-state index in [1.54, 1.807) is 6.08 Å². The van der Waals surface area contributed by atoms with Gasteiger partial charge in [0.2, 0.25) is 5.91 Å². The van der Waals surface area contributed by atoms with Crippen LogP contribution in [0.3, 0.4) is 0 Å². The van der Waals surface area contributed by atoms with E-state index in [0.29, 0.717) is 19.4 Å². The molecular weight excluding hydrogens is 803 g/mol. The Morgan fingerprint density at radius 3 is 1.09 bits per heavy atom. The third kappa shape index (κ3) is 51.6. The summed E-state index contributed by atoms with van der Waals surface area (Å²) in [6.45, 7) is 4.89. The normalized spacial score (nSPS) is 12.7. The van der Waals surface area contributed by atoms with Crippen molar-refractivity contribution in [2.24, 2.45) is 0 Å². The number of aliphatic hydroxyl groups excluding tert-OH is 2.